The smallest absolute Gasteiger partial charge is 0.0334 e. The van der Waals surface area contributed by atoms with Crippen molar-refractivity contribution in [2.45, 2.75) is 45.6 Å². The highest BCUT2D eigenvalue weighted by Crippen LogP contribution is 2.36. The van der Waals surface area contributed by atoms with Crippen molar-refractivity contribution in [2.24, 2.45) is 17.6 Å². The van der Waals surface area contributed by atoms with Gasteiger partial charge >= 0.3 is 0 Å². The maximum atomic E-state index is 6.37. The Kier molecular flexibility index (Phi) is 3.47. The molecule has 1 aromatic rings. The molecule has 1 heterocycles. The van der Waals surface area contributed by atoms with Gasteiger partial charge in [-0.1, -0.05) is 19.8 Å². The van der Waals surface area contributed by atoms with E-state index < -0.39 is 0 Å². The second-order valence-corrected chi connectivity index (χ2v) is 5.80. The van der Waals surface area contributed by atoms with Gasteiger partial charge < -0.3 is 5.73 Å². The SMILES string of the molecule is Cc1cscc1C(N)C1CCC(C)CC1. The monoisotopic (exact) mass is 223 g/mol. The summed E-state index contributed by atoms with van der Waals surface area (Å²) in [6.45, 7) is 4.54. The summed E-state index contributed by atoms with van der Waals surface area (Å²) < 4.78 is 0. The van der Waals surface area contributed by atoms with Crippen molar-refractivity contribution in [3.63, 3.8) is 0 Å². The quantitative estimate of drug-likeness (QED) is 0.809. The van der Waals surface area contributed by atoms with Gasteiger partial charge in [0.05, 0.1) is 0 Å². The molecule has 84 valence electrons. The number of aryl methyl sites for hydroxylation is 1. The van der Waals surface area contributed by atoms with Crippen LogP contribution < -0.4 is 5.73 Å². The lowest BCUT2D eigenvalue weighted by Crippen LogP contribution is -2.25. The molecule has 0 bridgehead atoms. The summed E-state index contributed by atoms with van der Waals surface area (Å²) >= 11 is 1.78. The van der Waals surface area contributed by atoms with E-state index in [1.165, 1.54) is 36.8 Å². The van der Waals surface area contributed by atoms with Crippen LogP contribution in [0.4, 0.5) is 0 Å². The van der Waals surface area contributed by atoms with Crippen molar-refractivity contribution in [1.82, 2.24) is 0 Å². The van der Waals surface area contributed by atoms with Crippen LogP contribution in [0.5, 0.6) is 0 Å². The zero-order valence-corrected chi connectivity index (χ0v) is 10.5. The minimum absolute atomic E-state index is 0.281. The van der Waals surface area contributed by atoms with Gasteiger partial charge in [-0.25, -0.2) is 0 Å². The summed E-state index contributed by atoms with van der Waals surface area (Å²) in [5.74, 6) is 1.63. The molecule has 2 rings (SSSR count). The topological polar surface area (TPSA) is 26.0 Å². The van der Waals surface area contributed by atoms with Crippen molar-refractivity contribution in [3.05, 3.63) is 21.9 Å². The maximum Gasteiger partial charge on any atom is 0.0334 e. The molecule has 0 radical (unpaired) electrons. The minimum Gasteiger partial charge on any atom is -0.324 e. The predicted molar refractivity (Wildman–Crippen MR) is 67.1 cm³/mol. The first-order valence-corrected chi connectivity index (χ1v) is 6.91. The first kappa shape index (κ1) is 11.2. The number of nitrogens with two attached hydrogens (primary N) is 1. The second-order valence-electron chi connectivity index (χ2n) is 5.06. The van der Waals surface area contributed by atoms with Crippen LogP contribution in [0.1, 0.15) is 49.8 Å². The molecule has 1 fully saturated rings. The number of hydrogen-bond acceptors (Lipinski definition) is 2. The molecule has 0 aromatic carbocycles. The third-order valence-electron chi connectivity index (χ3n) is 3.82. The molecule has 1 saturated carbocycles. The Morgan fingerprint density at radius 2 is 1.93 bits per heavy atom. The largest absolute Gasteiger partial charge is 0.324 e. The van der Waals surface area contributed by atoms with Crippen molar-refractivity contribution >= 4 is 11.3 Å². The van der Waals surface area contributed by atoms with E-state index in [4.69, 9.17) is 5.73 Å². The summed E-state index contributed by atoms with van der Waals surface area (Å²) in [6.07, 6.45) is 5.36. The average molecular weight is 223 g/mol. The van der Waals surface area contributed by atoms with E-state index in [9.17, 15) is 0 Å². The van der Waals surface area contributed by atoms with Gasteiger partial charge in [0, 0.05) is 6.04 Å². The molecule has 2 heteroatoms. The molecule has 1 atom stereocenters. The Morgan fingerprint density at radius 3 is 2.47 bits per heavy atom. The Balaban J connectivity index is 2.02. The van der Waals surface area contributed by atoms with Gasteiger partial charge in [-0.05, 0) is 53.5 Å². The fraction of sp³-hybridized carbons (Fsp3) is 0.692. The molecule has 0 amide bonds. The second kappa shape index (κ2) is 4.67. The van der Waals surface area contributed by atoms with Gasteiger partial charge in [0.2, 0.25) is 0 Å². The first-order chi connectivity index (χ1) is 7.18. The molecule has 2 N–H and O–H groups in total. The van der Waals surface area contributed by atoms with E-state index in [0.29, 0.717) is 0 Å². The third kappa shape index (κ3) is 2.43. The van der Waals surface area contributed by atoms with Gasteiger partial charge in [-0.3, -0.25) is 0 Å². The van der Waals surface area contributed by atoms with Crippen LogP contribution in [0.3, 0.4) is 0 Å². The van der Waals surface area contributed by atoms with Crippen molar-refractivity contribution in [2.75, 3.05) is 0 Å². The van der Waals surface area contributed by atoms with Gasteiger partial charge in [0.25, 0.3) is 0 Å². The lowest BCUT2D eigenvalue weighted by Gasteiger charge is -2.30. The molecule has 1 aliphatic carbocycles. The fourth-order valence-electron chi connectivity index (χ4n) is 2.61. The van der Waals surface area contributed by atoms with Gasteiger partial charge in [-0.2, -0.15) is 11.3 Å². The minimum atomic E-state index is 0.281. The van der Waals surface area contributed by atoms with Gasteiger partial charge in [0.15, 0.2) is 0 Å². The summed E-state index contributed by atoms with van der Waals surface area (Å²) in [5, 5.41) is 4.44. The Morgan fingerprint density at radius 1 is 1.27 bits per heavy atom. The lowest BCUT2D eigenvalue weighted by molar-refractivity contribution is 0.256. The maximum absolute atomic E-state index is 6.37. The van der Waals surface area contributed by atoms with Crippen LogP contribution in [-0.2, 0) is 0 Å². The third-order valence-corrected chi connectivity index (χ3v) is 4.70. The molecule has 1 aliphatic rings. The summed E-state index contributed by atoms with van der Waals surface area (Å²) in [7, 11) is 0. The fourth-order valence-corrected chi connectivity index (χ4v) is 3.51. The molecular weight excluding hydrogens is 202 g/mol. The Labute approximate surface area is 96.7 Å². The molecular formula is C13H21NS. The predicted octanol–water partition coefficient (Wildman–Crippen LogP) is 3.88. The first-order valence-electron chi connectivity index (χ1n) is 5.96. The average Bonchev–Trinajstić information content (AvgIpc) is 2.65. The highest BCUT2D eigenvalue weighted by Gasteiger charge is 2.25. The molecule has 0 saturated heterocycles. The van der Waals surface area contributed by atoms with Crippen molar-refractivity contribution < 1.29 is 0 Å². The normalized spacial score (nSPS) is 29.0. The van der Waals surface area contributed by atoms with E-state index >= 15 is 0 Å². The van der Waals surface area contributed by atoms with Crippen LogP contribution in [0.15, 0.2) is 10.8 Å². The van der Waals surface area contributed by atoms with E-state index in [2.05, 4.69) is 24.6 Å². The molecule has 1 unspecified atom stereocenters. The van der Waals surface area contributed by atoms with Crippen LogP contribution in [0, 0.1) is 18.8 Å². The van der Waals surface area contributed by atoms with E-state index in [1.807, 2.05) is 0 Å². The van der Waals surface area contributed by atoms with Gasteiger partial charge in [-0.15, -0.1) is 0 Å². The zero-order chi connectivity index (χ0) is 10.8. The zero-order valence-electron chi connectivity index (χ0n) is 9.70. The standard InChI is InChI=1S/C13H21NS/c1-9-3-5-11(6-4-9)13(14)12-8-15-7-10(12)2/h7-9,11,13H,3-6,14H2,1-2H3. The van der Waals surface area contributed by atoms with Crippen LogP contribution in [0.25, 0.3) is 0 Å². The number of thiophene rings is 1. The molecule has 0 aliphatic heterocycles. The molecule has 1 aromatic heterocycles. The summed E-state index contributed by atoms with van der Waals surface area (Å²) in [6, 6.07) is 0.281. The lowest BCUT2D eigenvalue weighted by atomic mass is 9.77. The van der Waals surface area contributed by atoms with E-state index in [1.54, 1.807) is 11.3 Å². The van der Waals surface area contributed by atoms with Crippen LogP contribution in [-0.4, -0.2) is 0 Å². The molecule has 1 nitrogen and oxygen atoms in total. The van der Waals surface area contributed by atoms with E-state index in [0.717, 1.165) is 11.8 Å². The van der Waals surface area contributed by atoms with Crippen molar-refractivity contribution in [1.29, 1.82) is 0 Å². The highest BCUT2D eigenvalue weighted by molar-refractivity contribution is 7.08. The van der Waals surface area contributed by atoms with E-state index in [-0.39, 0.29) is 6.04 Å². The molecule has 0 spiro atoms. The van der Waals surface area contributed by atoms with Crippen molar-refractivity contribution in [3.8, 4) is 0 Å². The number of hydrogen-bond donors (Lipinski definition) is 1. The highest BCUT2D eigenvalue weighted by atomic mass is 32.1. The van der Waals surface area contributed by atoms with Gasteiger partial charge in [0.1, 0.15) is 0 Å². The van der Waals surface area contributed by atoms with Crippen LogP contribution >= 0.6 is 11.3 Å². The summed E-state index contributed by atoms with van der Waals surface area (Å²) in [4.78, 5) is 0. The Hall–Kier alpha value is -0.340. The van der Waals surface area contributed by atoms with Crippen LogP contribution in [0.2, 0.25) is 0 Å². The Bertz CT molecular complexity index is 310. The molecule has 15 heavy (non-hydrogen) atoms. The number of rotatable bonds is 2. The summed E-state index contributed by atoms with van der Waals surface area (Å²) in [5.41, 5.74) is 9.14.